The van der Waals surface area contributed by atoms with E-state index in [1.54, 1.807) is 19.1 Å². The summed E-state index contributed by atoms with van der Waals surface area (Å²) in [5, 5.41) is 13.0. The first-order valence-electron chi connectivity index (χ1n) is 7.47. The van der Waals surface area contributed by atoms with Crippen LogP contribution < -0.4 is 10.1 Å². The van der Waals surface area contributed by atoms with E-state index in [4.69, 9.17) is 4.74 Å². The van der Waals surface area contributed by atoms with Gasteiger partial charge >= 0.3 is 0 Å². The predicted molar refractivity (Wildman–Crippen MR) is 83.0 cm³/mol. The number of nitrogens with one attached hydrogen (secondary N) is 1. The SMILES string of the molecule is CCC(C)C(C)(O)CNC(=O)C1=Cc2cc(F)ccc2OC1. The van der Waals surface area contributed by atoms with E-state index in [1.807, 2.05) is 13.8 Å². The van der Waals surface area contributed by atoms with Gasteiger partial charge in [0.2, 0.25) is 0 Å². The number of carbonyl (C=O) groups is 1. The maximum absolute atomic E-state index is 13.2. The molecule has 22 heavy (non-hydrogen) atoms. The van der Waals surface area contributed by atoms with Gasteiger partial charge in [-0.15, -0.1) is 0 Å². The Morgan fingerprint density at radius 3 is 2.95 bits per heavy atom. The van der Waals surface area contributed by atoms with Crippen LogP contribution in [-0.4, -0.2) is 29.8 Å². The third-order valence-corrected chi connectivity index (χ3v) is 4.26. The fourth-order valence-electron chi connectivity index (χ4n) is 2.27. The summed E-state index contributed by atoms with van der Waals surface area (Å²) in [6.07, 6.45) is 2.44. The number of amides is 1. The van der Waals surface area contributed by atoms with Gasteiger partial charge in [-0.3, -0.25) is 4.79 Å². The zero-order valence-corrected chi connectivity index (χ0v) is 13.1. The number of benzene rings is 1. The molecule has 0 saturated heterocycles. The van der Waals surface area contributed by atoms with Crippen molar-refractivity contribution < 1.29 is 19.0 Å². The van der Waals surface area contributed by atoms with Gasteiger partial charge < -0.3 is 15.2 Å². The molecule has 1 aromatic rings. The molecular weight excluding hydrogens is 285 g/mol. The minimum absolute atomic E-state index is 0.0687. The molecule has 1 heterocycles. The lowest BCUT2D eigenvalue weighted by molar-refractivity contribution is -0.119. The van der Waals surface area contributed by atoms with Crippen LogP contribution in [0.3, 0.4) is 0 Å². The second-order valence-corrected chi connectivity index (χ2v) is 5.99. The highest BCUT2D eigenvalue weighted by Crippen LogP contribution is 2.27. The monoisotopic (exact) mass is 307 g/mol. The largest absolute Gasteiger partial charge is 0.488 e. The molecule has 1 aromatic carbocycles. The van der Waals surface area contributed by atoms with Crippen molar-refractivity contribution in [1.29, 1.82) is 0 Å². The second kappa shape index (κ2) is 6.48. The van der Waals surface area contributed by atoms with Crippen molar-refractivity contribution in [3.63, 3.8) is 0 Å². The average Bonchev–Trinajstić information content (AvgIpc) is 2.50. The van der Waals surface area contributed by atoms with E-state index in [2.05, 4.69) is 5.32 Å². The molecule has 0 radical (unpaired) electrons. The van der Waals surface area contributed by atoms with Crippen LogP contribution in [0.2, 0.25) is 0 Å². The molecule has 0 bridgehead atoms. The van der Waals surface area contributed by atoms with Gasteiger partial charge in [0.05, 0.1) is 11.2 Å². The van der Waals surface area contributed by atoms with Gasteiger partial charge in [0.1, 0.15) is 18.2 Å². The van der Waals surface area contributed by atoms with Gasteiger partial charge in [-0.05, 0) is 37.1 Å². The summed E-state index contributed by atoms with van der Waals surface area (Å²) in [6, 6.07) is 4.20. The van der Waals surface area contributed by atoms with Gasteiger partial charge in [0.15, 0.2) is 0 Å². The third-order valence-electron chi connectivity index (χ3n) is 4.26. The minimum Gasteiger partial charge on any atom is -0.488 e. The van der Waals surface area contributed by atoms with Crippen LogP contribution >= 0.6 is 0 Å². The minimum atomic E-state index is -0.968. The third kappa shape index (κ3) is 3.65. The highest BCUT2D eigenvalue weighted by Gasteiger charge is 2.28. The molecule has 2 atom stereocenters. The summed E-state index contributed by atoms with van der Waals surface area (Å²) < 4.78 is 18.7. The van der Waals surface area contributed by atoms with Gasteiger partial charge in [-0.2, -0.15) is 0 Å². The van der Waals surface area contributed by atoms with Crippen molar-refractivity contribution >= 4 is 12.0 Å². The topological polar surface area (TPSA) is 58.6 Å². The zero-order valence-electron chi connectivity index (χ0n) is 13.1. The van der Waals surface area contributed by atoms with Crippen LogP contribution in [0, 0.1) is 11.7 Å². The predicted octanol–water partition coefficient (Wildman–Crippen LogP) is 2.51. The van der Waals surface area contributed by atoms with Crippen molar-refractivity contribution in [1.82, 2.24) is 5.32 Å². The number of ether oxygens (including phenoxy) is 1. The van der Waals surface area contributed by atoms with Gasteiger partial charge in [0, 0.05) is 12.1 Å². The van der Waals surface area contributed by atoms with Gasteiger partial charge in [-0.25, -0.2) is 4.39 Å². The van der Waals surface area contributed by atoms with E-state index in [-0.39, 0.29) is 30.8 Å². The Morgan fingerprint density at radius 2 is 2.27 bits per heavy atom. The van der Waals surface area contributed by atoms with Crippen molar-refractivity contribution in [2.45, 2.75) is 32.8 Å². The summed E-state index contributed by atoms with van der Waals surface area (Å²) in [5.41, 5.74) is -0.00651. The number of hydrogen-bond donors (Lipinski definition) is 2. The van der Waals surface area contributed by atoms with Gasteiger partial charge in [-0.1, -0.05) is 20.3 Å². The molecule has 0 aliphatic carbocycles. The molecule has 2 unspecified atom stereocenters. The number of carbonyl (C=O) groups excluding carboxylic acids is 1. The molecule has 0 fully saturated rings. The van der Waals surface area contributed by atoms with E-state index in [0.29, 0.717) is 16.9 Å². The van der Waals surface area contributed by atoms with Crippen LogP contribution in [0.4, 0.5) is 4.39 Å². The zero-order chi connectivity index (χ0) is 16.3. The fraction of sp³-hybridized carbons (Fsp3) is 0.471. The lowest BCUT2D eigenvalue weighted by atomic mass is 9.88. The molecule has 1 amide bonds. The summed E-state index contributed by atoms with van der Waals surface area (Å²) in [6.45, 7) is 5.93. The van der Waals surface area contributed by atoms with Crippen molar-refractivity contribution in [2.75, 3.05) is 13.2 Å². The molecule has 120 valence electrons. The fourth-order valence-corrected chi connectivity index (χ4v) is 2.27. The quantitative estimate of drug-likeness (QED) is 0.879. The molecule has 5 heteroatoms. The number of fused-ring (bicyclic) bond motifs is 1. The molecule has 1 aliphatic heterocycles. The van der Waals surface area contributed by atoms with Gasteiger partial charge in [0.25, 0.3) is 5.91 Å². The maximum atomic E-state index is 13.2. The highest BCUT2D eigenvalue weighted by molar-refractivity contribution is 5.99. The van der Waals surface area contributed by atoms with Crippen LogP contribution in [0.15, 0.2) is 23.8 Å². The standard InChI is InChI=1S/C17H22FNO3/c1-4-11(2)17(3,21)10-19-16(20)13-7-12-8-14(18)5-6-15(12)22-9-13/h5-8,11,21H,4,9-10H2,1-3H3,(H,19,20). The van der Waals surface area contributed by atoms with E-state index < -0.39 is 5.60 Å². The van der Waals surface area contributed by atoms with Crippen LogP contribution in [0.25, 0.3) is 6.08 Å². The summed E-state index contributed by atoms with van der Waals surface area (Å²) in [4.78, 5) is 12.2. The first-order valence-corrected chi connectivity index (χ1v) is 7.47. The Hall–Kier alpha value is -1.88. The average molecular weight is 307 g/mol. The summed E-state index contributed by atoms with van der Waals surface area (Å²) >= 11 is 0. The molecule has 0 spiro atoms. The second-order valence-electron chi connectivity index (χ2n) is 5.99. The van der Waals surface area contributed by atoms with E-state index >= 15 is 0 Å². The lowest BCUT2D eigenvalue weighted by Gasteiger charge is -2.30. The van der Waals surface area contributed by atoms with E-state index in [0.717, 1.165) is 6.42 Å². The lowest BCUT2D eigenvalue weighted by Crippen LogP contribution is -2.45. The highest BCUT2D eigenvalue weighted by atomic mass is 19.1. The molecule has 0 saturated carbocycles. The van der Waals surface area contributed by atoms with Crippen LogP contribution in [0.5, 0.6) is 5.75 Å². The Morgan fingerprint density at radius 1 is 1.55 bits per heavy atom. The summed E-state index contributed by atoms with van der Waals surface area (Å²) in [5.74, 6) is -0.0535. The normalized spacial score (nSPS) is 17.6. The van der Waals surface area contributed by atoms with Crippen LogP contribution in [-0.2, 0) is 4.79 Å². The molecule has 2 N–H and O–H groups in total. The van der Waals surface area contributed by atoms with Crippen molar-refractivity contribution in [3.8, 4) is 5.75 Å². The first-order chi connectivity index (χ1) is 10.3. The molecule has 4 nitrogen and oxygen atoms in total. The summed E-state index contributed by atoms with van der Waals surface area (Å²) in [7, 11) is 0. The molecule has 2 rings (SSSR count). The van der Waals surface area contributed by atoms with E-state index in [9.17, 15) is 14.3 Å². The first kappa shape index (κ1) is 16.5. The Kier molecular flexibility index (Phi) is 4.86. The maximum Gasteiger partial charge on any atom is 0.250 e. The Bertz CT molecular complexity index is 596. The smallest absolute Gasteiger partial charge is 0.250 e. The Labute approximate surface area is 130 Å². The van der Waals surface area contributed by atoms with Crippen molar-refractivity contribution in [3.05, 3.63) is 35.2 Å². The number of rotatable bonds is 5. The molecule has 1 aliphatic rings. The number of aliphatic hydroxyl groups is 1. The van der Waals surface area contributed by atoms with E-state index in [1.165, 1.54) is 12.1 Å². The van der Waals surface area contributed by atoms with Crippen LogP contribution in [0.1, 0.15) is 32.8 Å². The number of hydrogen-bond acceptors (Lipinski definition) is 3. The number of halogens is 1. The molecular formula is C17H22FNO3. The van der Waals surface area contributed by atoms with Crippen molar-refractivity contribution in [2.24, 2.45) is 5.92 Å². The Balaban J connectivity index is 2.05. The molecule has 0 aromatic heterocycles.